The molecule has 0 saturated carbocycles. The first-order chi connectivity index (χ1) is 7.04. The zero-order valence-corrected chi connectivity index (χ0v) is 10.8. The SMILES string of the molecule is COc1ccc(C)cc1CC(Br)C(C)=O. The van der Waals surface area contributed by atoms with Crippen LogP contribution < -0.4 is 4.74 Å². The fourth-order valence-electron chi connectivity index (χ4n) is 1.40. The fourth-order valence-corrected chi connectivity index (χ4v) is 1.75. The van der Waals surface area contributed by atoms with E-state index in [0.717, 1.165) is 11.3 Å². The highest BCUT2D eigenvalue weighted by Crippen LogP contribution is 2.23. The van der Waals surface area contributed by atoms with E-state index in [1.807, 2.05) is 19.1 Å². The average Bonchev–Trinajstić information content (AvgIpc) is 2.18. The van der Waals surface area contributed by atoms with Crippen LogP contribution in [-0.2, 0) is 11.2 Å². The summed E-state index contributed by atoms with van der Waals surface area (Å²) in [5.74, 6) is 0.977. The lowest BCUT2D eigenvalue weighted by molar-refractivity contribution is -0.116. The number of aryl methyl sites for hydroxylation is 1. The van der Waals surface area contributed by atoms with Crippen molar-refractivity contribution in [1.29, 1.82) is 0 Å². The largest absolute Gasteiger partial charge is 0.496 e. The molecule has 0 aliphatic rings. The van der Waals surface area contributed by atoms with Gasteiger partial charge < -0.3 is 4.74 Å². The third-order valence-corrected chi connectivity index (χ3v) is 3.24. The molecule has 82 valence electrons. The maximum Gasteiger partial charge on any atom is 0.143 e. The predicted octanol–water partition coefficient (Wildman–Crippen LogP) is 2.90. The maximum atomic E-state index is 11.1. The molecule has 1 atom stereocenters. The monoisotopic (exact) mass is 270 g/mol. The predicted molar refractivity (Wildman–Crippen MR) is 64.8 cm³/mol. The van der Waals surface area contributed by atoms with Gasteiger partial charge in [-0.15, -0.1) is 0 Å². The van der Waals surface area contributed by atoms with Gasteiger partial charge in [0.1, 0.15) is 11.5 Å². The smallest absolute Gasteiger partial charge is 0.143 e. The molecular formula is C12H15BrO2. The van der Waals surface area contributed by atoms with E-state index >= 15 is 0 Å². The molecule has 0 bridgehead atoms. The van der Waals surface area contributed by atoms with Crippen molar-refractivity contribution in [1.82, 2.24) is 0 Å². The number of rotatable bonds is 4. The zero-order valence-electron chi connectivity index (χ0n) is 9.21. The molecule has 0 fully saturated rings. The number of hydrogen-bond acceptors (Lipinski definition) is 2. The van der Waals surface area contributed by atoms with Crippen LogP contribution in [0, 0.1) is 6.92 Å². The number of benzene rings is 1. The van der Waals surface area contributed by atoms with Crippen molar-refractivity contribution in [2.75, 3.05) is 7.11 Å². The van der Waals surface area contributed by atoms with Crippen LogP contribution in [0.5, 0.6) is 5.75 Å². The van der Waals surface area contributed by atoms with E-state index < -0.39 is 0 Å². The molecule has 0 radical (unpaired) electrons. The van der Waals surface area contributed by atoms with E-state index in [-0.39, 0.29) is 10.6 Å². The Bertz CT molecular complexity index is 361. The van der Waals surface area contributed by atoms with E-state index in [1.54, 1.807) is 14.0 Å². The van der Waals surface area contributed by atoms with Gasteiger partial charge in [-0.2, -0.15) is 0 Å². The summed E-state index contributed by atoms with van der Waals surface area (Å²) in [4.78, 5) is 11.0. The van der Waals surface area contributed by atoms with Crippen LogP contribution in [0.15, 0.2) is 18.2 Å². The molecule has 0 amide bonds. The third-order valence-electron chi connectivity index (χ3n) is 2.28. The molecule has 0 saturated heterocycles. The van der Waals surface area contributed by atoms with Gasteiger partial charge in [0.2, 0.25) is 0 Å². The molecule has 1 aromatic rings. The van der Waals surface area contributed by atoms with E-state index in [4.69, 9.17) is 4.74 Å². The van der Waals surface area contributed by atoms with Gasteiger partial charge in [0, 0.05) is 0 Å². The number of hydrogen-bond donors (Lipinski definition) is 0. The third kappa shape index (κ3) is 3.34. The maximum absolute atomic E-state index is 11.1. The van der Waals surface area contributed by atoms with Crippen molar-refractivity contribution in [2.45, 2.75) is 25.1 Å². The highest BCUT2D eigenvalue weighted by atomic mass is 79.9. The zero-order chi connectivity index (χ0) is 11.4. The van der Waals surface area contributed by atoms with Crippen LogP contribution in [0.1, 0.15) is 18.1 Å². The number of ether oxygens (including phenoxy) is 1. The lowest BCUT2D eigenvalue weighted by Crippen LogP contribution is -2.13. The lowest BCUT2D eigenvalue weighted by atomic mass is 10.0. The van der Waals surface area contributed by atoms with Crippen LogP contribution >= 0.6 is 15.9 Å². The average molecular weight is 271 g/mol. The van der Waals surface area contributed by atoms with Crippen molar-refractivity contribution in [3.05, 3.63) is 29.3 Å². The Labute approximate surface area is 98.8 Å². The molecule has 15 heavy (non-hydrogen) atoms. The standard InChI is InChI=1S/C12H15BrO2/c1-8-4-5-12(15-3)10(6-8)7-11(13)9(2)14/h4-6,11H,7H2,1-3H3. The topological polar surface area (TPSA) is 26.3 Å². The van der Waals surface area contributed by atoms with Gasteiger partial charge in [-0.3, -0.25) is 4.79 Å². The number of ketones is 1. The van der Waals surface area contributed by atoms with Gasteiger partial charge in [0.05, 0.1) is 11.9 Å². The molecule has 0 N–H and O–H groups in total. The van der Waals surface area contributed by atoms with Gasteiger partial charge in [-0.1, -0.05) is 33.6 Å². The second kappa shape index (κ2) is 5.31. The molecule has 0 aliphatic carbocycles. The van der Waals surface area contributed by atoms with Gasteiger partial charge in [-0.25, -0.2) is 0 Å². The minimum atomic E-state index is -0.131. The Balaban J connectivity index is 2.91. The number of carbonyl (C=O) groups is 1. The van der Waals surface area contributed by atoms with Crippen molar-refractivity contribution in [3.63, 3.8) is 0 Å². The van der Waals surface area contributed by atoms with E-state index in [9.17, 15) is 4.79 Å². The van der Waals surface area contributed by atoms with Crippen molar-refractivity contribution in [2.24, 2.45) is 0 Å². The summed E-state index contributed by atoms with van der Waals surface area (Å²) in [5, 5.41) is 0. The quantitative estimate of drug-likeness (QED) is 0.787. The number of Topliss-reactive ketones (excluding diaryl/α,β-unsaturated/α-hetero) is 1. The molecule has 0 heterocycles. The number of methoxy groups -OCH3 is 1. The first-order valence-electron chi connectivity index (χ1n) is 4.82. The highest BCUT2D eigenvalue weighted by Gasteiger charge is 2.13. The Morgan fingerprint density at radius 1 is 1.53 bits per heavy atom. The summed E-state index contributed by atoms with van der Waals surface area (Å²) in [6.45, 7) is 3.61. The summed E-state index contributed by atoms with van der Waals surface area (Å²) < 4.78 is 5.25. The van der Waals surface area contributed by atoms with Gasteiger partial charge in [0.25, 0.3) is 0 Å². The minimum Gasteiger partial charge on any atom is -0.496 e. The molecule has 1 unspecified atom stereocenters. The van der Waals surface area contributed by atoms with Gasteiger partial charge in [-0.05, 0) is 31.9 Å². The molecule has 3 heteroatoms. The number of halogens is 1. The molecule has 1 aromatic carbocycles. The molecule has 0 aliphatic heterocycles. The highest BCUT2D eigenvalue weighted by molar-refractivity contribution is 9.10. The first kappa shape index (κ1) is 12.2. The Morgan fingerprint density at radius 3 is 2.73 bits per heavy atom. The van der Waals surface area contributed by atoms with E-state index in [2.05, 4.69) is 22.0 Å². The molecule has 0 spiro atoms. The van der Waals surface area contributed by atoms with Crippen LogP contribution in [0.3, 0.4) is 0 Å². The summed E-state index contributed by atoms with van der Waals surface area (Å²) in [6.07, 6.45) is 0.667. The van der Waals surface area contributed by atoms with E-state index in [1.165, 1.54) is 5.56 Å². The van der Waals surface area contributed by atoms with Gasteiger partial charge >= 0.3 is 0 Å². The summed E-state index contributed by atoms with van der Waals surface area (Å²) in [6, 6.07) is 5.99. The van der Waals surface area contributed by atoms with E-state index in [0.29, 0.717) is 6.42 Å². The second-order valence-corrected chi connectivity index (χ2v) is 4.70. The Morgan fingerprint density at radius 2 is 2.20 bits per heavy atom. The van der Waals surface area contributed by atoms with Crippen LogP contribution in [0.2, 0.25) is 0 Å². The van der Waals surface area contributed by atoms with Crippen molar-refractivity contribution >= 4 is 21.7 Å². The van der Waals surface area contributed by atoms with Crippen molar-refractivity contribution < 1.29 is 9.53 Å². The number of carbonyl (C=O) groups excluding carboxylic acids is 1. The van der Waals surface area contributed by atoms with Crippen molar-refractivity contribution in [3.8, 4) is 5.75 Å². The number of alkyl halides is 1. The fraction of sp³-hybridized carbons (Fsp3) is 0.417. The molecule has 2 nitrogen and oxygen atoms in total. The minimum absolute atomic E-state index is 0.131. The Kier molecular flexibility index (Phi) is 4.33. The molecular weight excluding hydrogens is 256 g/mol. The molecule has 0 aromatic heterocycles. The normalized spacial score (nSPS) is 12.3. The summed E-state index contributed by atoms with van der Waals surface area (Å²) in [5.41, 5.74) is 2.24. The molecule has 1 rings (SSSR count). The first-order valence-corrected chi connectivity index (χ1v) is 5.74. The second-order valence-electron chi connectivity index (χ2n) is 3.60. The lowest BCUT2D eigenvalue weighted by Gasteiger charge is -2.11. The van der Waals surface area contributed by atoms with Gasteiger partial charge in [0.15, 0.2) is 0 Å². The van der Waals surface area contributed by atoms with Crippen LogP contribution in [0.4, 0.5) is 0 Å². The summed E-state index contributed by atoms with van der Waals surface area (Å²) >= 11 is 3.36. The summed E-state index contributed by atoms with van der Waals surface area (Å²) in [7, 11) is 1.64. The Hall–Kier alpha value is -0.830. The van der Waals surface area contributed by atoms with Crippen LogP contribution in [0.25, 0.3) is 0 Å². The van der Waals surface area contributed by atoms with Crippen LogP contribution in [-0.4, -0.2) is 17.7 Å².